The molecule has 0 saturated heterocycles. The fourth-order valence-corrected chi connectivity index (χ4v) is 12.8. The van der Waals surface area contributed by atoms with Gasteiger partial charge in [0.05, 0.1) is 0 Å². The van der Waals surface area contributed by atoms with Crippen molar-refractivity contribution in [3.05, 3.63) is 0 Å². The molecule has 0 fully saturated rings. The van der Waals surface area contributed by atoms with Gasteiger partial charge in [0.2, 0.25) is 0 Å². The van der Waals surface area contributed by atoms with E-state index in [9.17, 15) is 0 Å². The molecule has 86 valence electrons. The van der Waals surface area contributed by atoms with Gasteiger partial charge in [0.25, 0.3) is 0 Å². The summed E-state index contributed by atoms with van der Waals surface area (Å²) in [4.78, 5) is 0. The van der Waals surface area contributed by atoms with E-state index in [-0.39, 0.29) is 23.9 Å². The summed E-state index contributed by atoms with van der Waals surface area (Å²) >= 11 is -0.967. The number of unbranched alkanes of at least 4 members (excludes halogenated alkanes) is 3. The maximum atomic E-state index is 2.34. The zero-order valence-corrected chi connectivity index (χ0v) is 18.0. The Bertz CT molecular complexity index is 75.3. The minimum absolute atomic E-state index is 0. The number of rotatable bonds is 9. The topological polar surface area (TPSA) is 0 Å². The molecular formula is C12H30Sn2. The van der Waals surface area contributed by atoms with Gasteiger partial charge in [-0.15, -0.1) is 0 Å². The Hall–Kier alpha value is 1.60. The van der Waals surface area contributed by atoms with Crippen molar-refractivity contribution in [2.45, 2.75) is 72.6 Å². The van der Waals surface area contributed by atoms with Crippen molar-refractivity contribution in [1.29, 1.82) is 0 Å². The molecule has 14 heavy (non-hydrogen) atoms. The van der Waals surface area contributed by atoms with Gasteiger partial charge in [-0.05, 0) is 0 Å². The summed E-state index contributed by atoms with van der Waals surface area (Å²) in [5, 5.41) is 0. The third-order valence-electron chi connectivity index (χ3n) is 2.90. The van der Waals surface area contributed by atoms with E-state index in [1.807, 2.05) is 0 Å². The molecule has 0 spiro atoms. The van der Waals surface area contributed by atoms with Crippen LogP contribution in [0.5, 0.6) is 0 Å². The molecule has 0 aliphatic carbocycles. The molecule has 2 radical (unpaired) electrons. The summed E-state index contributed by atoms with van der Waals surface area (Å²) in [6.45, 7) is 7.01. The molecule has 0 bridgehead atoms. The van der Waals surface area contributed by atoms with Crippen LogP contribution in [0.25, 0.3) is 0 Å². The van der Waals surface area contributed by atoms with Crippen LogP contribution in [-0.4, -0.2) is 43.7 Å². The number of hydrogen-bond donors (Lipinski definition) is 0. The van der Waals surface area contributed by atoms with Crippen molar-refractivity contribution in [3.63, 3.8) is 0 Å². The quantitative estimate of drug-likeness (QED) is 0.508. The van der Waals surface area contributed by atoms with Crippen LogP contribution in [0.1, 0.15) is 59.3 Å². The summed E-state index contributed by atoms with van der Waals surface area (Å²) in [5.41, 5.74) is 0. The normalized spacial score (nSPS) is 10.3. The fourth-order valence-electron chi connectivity index (χ4n) is 1.91. The van der Waals surface area contributed by atoms with Crippen LogP contribution in [-0.2, 0) is 0 Å². The summed E-state index contributed by atoms with van der Waals surface area (Å²) in [6, 6.07) is 0. The van der Waals surface area contributed by atoms with Crippen LogP contribution in [0.3, 0.4) is 0 Å². The first kappa shape index (κ1) is 18.0. The average molecular weight is 412 g/mol. The molecule has 0 heterocycles. The SMILES string of the molecule is CCC[CH2][SnH]([CH2]CCC)[CH2]CCC.[SnH2]. The molecule has 0 atom stereocenters. The van der Waals surface area contributed by atoms with Crippen molar-refractivity contribution in [3.8, 4) is 0 Å². The Morgan fingerprint density at radius 1 is 0.643 bits per heavy atom. The van der Waals surface area contributed by atoms with Crippen molar-refractivity contribution in [2.75, 3.05) is 0 Å². The van der Waals surface area contributed by atoms with Crippen LogP contribution < -0.4 is 0 Å². The van der Waals surface area contributed by atoms with Crippen molar-refractivity contribution in [2.24, 2.45) is 0 Å². The van der Waals surface area contributed by atoms with Crippen LogP contribution in [0.2, 0.25) is 13.3 Å². The van der Waals surface area contributed by atoms with E-state index in [0.29, 0.717) is 0 Å². The molecule has 0 aliphatic heterocycles. The molecule has 0 aromatic heterocycles. The molecule has 0 aliphatic rings. The first-order valence-electron chi connectivity index (χ1n) is 6.35. The Kier molecular flexibility index (Phi) is 18.7. The second-order valence-electron chi connectivity index (χ2n) is 4.29. The summed E-state index contributed by atoms with van der Waals surface area (Å²) in [6.07, 6.45) is 8.87. The van der Waals surface area contributed by atoms with Gasteiger partial charge in [-0.1, -0.05) is 0 Å². The molecule has 0 saturated carbocycles. The first-order valence-corrected chi connectivity index (χ1v) is 13.3. The van der Waals surface area contributed by atoms with Crippen LogP contribution in [0.15, 0.2) is 0 Å². The van der Waals surface area contributed by atoms with Gasteiger partial charge in [0, 0.05) is 0 Å². The monoisotopic (exact) mass is 414 g/mol. The zero-order valence-electron chi connectivity index (χ0n) is 10.6. The summed E-state index contributed by atoms with van der Waals surface area (Å²) in [5.74, 6) is 0. The first-order chi connectivity index (χ1) is 6.35. The fraction of sp³-hybridized carbons (Fsp3) is 1.00. The van der Waals surface area contributed by atoms with Crippen molar-refractivity contribution in [1.82, 2.24) is 0 Å². The standard InChI is InChI=1S/3C4H9.2Sn.3H/c3*1-3-4-2;;;;;/h3*1,3-4H2,2H3;;;;;. The molecule has 0 amide bonds. The molecule has 0 rings (SSSR count). The molecule has 0 aromatic carbocycles. The third kappa shape index (κ3) is 11.7. The summed E-state index contributed by atoms with van der Waals surface area (Å²) in [7, 11) is 0. The second-order valence-corrected chi connectivity index (χ2v) is 14.2. The molecular weight excluding hydrogens is 382 g/mol. The van der Waals surface area contributed by atoms with Gasteiger partial charge < -0.3 is 0 Å². The Balaban J connectivity index is 0. The summed E-state index contributed by atoms with van der Waals surface area (Å²) < 4.78 is 5.08. The third-order valence-corrected chi connectivity index (χ3v) is 13.4. The van der Waals surface area contributed by atoms with Crippen molar-refractivity contribution < 1.29 is 0 Å². The van der Waals surface area contributed by atoms with Gasteiger partial charge in [-0.25, -0.2) is 0 Å². The second kappa shape index (κ2) is 14.6. The van der Waals surface area contributed by atoms with E-state index >= 15 is 0 Å². The van der Waals surface area contributed by atoms with Gasteiger partial charge >= 0.3 is 116 Å². The molecule has 0 aromatic rings. The average Bonchev–Trinajstić information content (AvgIpc) is 2.17. The maximum absolute atomic E-state index is 2.34. The van der Waals surface area contributed by atoms with E-state index in [1.165, 1.54) is 38.5 Å². The molecule has 2 heteroatoms. The van der Waals surface area contributed by atoms with Gasteiger partial charge in [0.15, 0.2) is 0 Å². The Morgan fingerprint density at radius 2 is 0.929 bits per heavy atom. The van der Waals surface area contributed by atoms with E-state index in [1.54, 1.807) is 13.3 Å². The van der Waals surface area contributed by atoms with Crippen LogP contribution in [0, 0.1) is 0 Å². The molecule has 0 N–H and O–H groups in total. The van der Waals surface area contributed by atoms with E-state index in [0.717, 1.165) is 0 Å². The van der Waals surface area contributed by atoms with Gasteiger partial charge in [-0.2, -0.15) is 0 Å². The van der Waals surface area contributed by atoms with Gasteiger partial charge in [-0.3, -0.25) is 0 Å². The van der Waals surface area contributed by atoms with Crippen LogP contribution in [0.4, 0.5) is 0 Å². The van der Waals surface area contributed by atoms with Crippen LogP contribution >= 0.6 is 0 Å². The minimum atomic E-state index is -0.967. The van der Waals surface area contributed by atoms with E-state index < -0.39 is 19.8 Å². The van der Waals surface area contributed by atoms with Crippen molar-refractivity contribution >= 4 is 43.7 Å². The van der Waals surface area contributed by atoms with E-state index in [4.69, 9.17) is 0 Å². The zero-order chi connectivity index (χ0) is 9.94. The van der Waals surface area contributed by atoms with E-state index in [2.05, 4.69) is 20.8 Å². The predicted octanol–water partition coefficient (Wildman–Crippen LogP) is 3.70. The Labute approximate surface area is 115 Å². The number of hydrogen-bond acceptors (Lipinski definition) is 0. The molecule has 0 unspecified atom stereocenters. The van der Waals surface area contributed by atoms with Gasteiger partial charge in [0.1, 0.15) is 0 Å². The predicted molar refractivity (Wildman–Crippen MR) is 74.8 cm³/mol. The molecule has 0 nitrogen and oxygen atoms in total. The Morgan fingerprint density at radius 3 is 1.14 bits per heavy atom.